The summed E-state index contributed by atoms with van der Waals surface area (Å²) in [6, 6.07) is 18.4. The van der Waals surface area contributed by atoms with E-state index in [0.717, 1.165) is 14.9 Å². The molecule has 1 aliphatic rings. The van der Waals surface area contributed by atoms with Crippen LogP contribution in [0, 0.1) is 0 Å². The van der Waals surface area contributed by atoms with Crippen molar-refractivity contribution in [3.05, 3.63) is 92.9 Å². The summed E-state index contributed by atoms with van der Waals surface area (Å²) in [6.45, 7) is 0.280. The Morgan fingerprint density at radius 2 is 1.74 bits per heavy atom. The van der Waals surface area contributed by atoms with Gasteiger partial charge in [-0.1, -0.05) is 57.9 Å². The minimum absolute atomic E-state index is 0.224. The zero-order valence-corrected chi connectivity index (χ0v) is 20.2. The number of carbonyl (C=O) groups excluding carboxylic acids is 3. The topological polar surface area (TPSA) is 84.9 Å². The highest BCUT2D eigenvalue weighted by Crippen LogP contribution is 2.38. The molecular formula is C25H18BrClN2O5. The molecule has 1 saturated heterocycles. The largest absolute Gasteiger partial charge is 0.493 e. The molecule has 0 radical (unpaired) electrons. The molecule has 7 nitrogen and oxygen atoms in total. The van der Waals surface area contributed by atoms with Gasteiger partial charge in [0.25, 0.3) is 11.8 Å². The van der Waals surface area contributed by atoms with E-state index < -0.39 is 17.8 Å². The van der Waals surface area contributed by atoms with Gasteiger partial charge in [-0.25, -0.2) is 9.69 Å². The van der Waals surface area contributed by atoms with Gasteiger partial charge in [0.2, 0.25) is 0 Å². The summed E-state index contributed by atoms with van der Waals surface area (Å²) in [4.78, 5) is 38.8. The molecule has 4 amide bonds. The quantitative estimate of drug-likeness (QED) is 0.336. The lowest BCUT2D eigenvalue weighted by Gasteiger charge is -2.26. The van der Waals surface area contributed by atoms with Gasteiger partial charge in [-0.15, -0.1) is 0 Å². The van der Waals surface area contributed by atoms with Crippen LogP contribution in [0.2, 0.25) is 5.02 Å². The Morgan fingerprint density at radius 1 is 1.03 bits per heavy atom. The molecule has 0 unspecified atom stereocenters. The molecule has 172 valence electrons. The van der Waals surface area contributed by atoms with Crippen molar-refractivity contribution in [1.82, 2.24) is 5.32 Å². The van der Waals surface area contributed by atoms with E-state index in [0.29, 0.717) is 22.7 Å². The van der Waals surface area contributed by atoms with Crippen LogP contribution in [0.25, 0.3) is 6.08 Å². The maximum absolute atomic E-state index is 13.1. The third-order valence-corrected chi connectivity index (χ3v) is 5.78. The van der Waals surface area contributed by atoms with E-state index in [4.69, 9.17) is 21.1 Å². The molecule has 0 aliphatic carbocycles. The number of nitrogens with zero attached hydrogens (tertiary/aromatic N) is 1. The zero-order valence-electron chi connectivity index (χ0n) is 17.9. The van der Waals surface area contributed by atoms with E-state index in [2.05, 4.69) is 21.2 Å². The number of imide groups is 2. The van der Waals surface area contributed by atoms with Crippen LogP contribution < -0.4 is 19.7 Å². The molecule has 4 rings (SSSR count). The van der Waals surface area contributed by atoms with E-state index >= 15 is 0 Å². The first kappa shape index (κ1) is 23.5. The van der Waals surface area contributed by atoms with Gasteiger partial charge in [0.05, 0.1) is 17.8 Å². The van der Waals surface area contributed by atoms with Gasteiger partial charge >= 0.3 is 6.03 Å². The number of amides is 4. The number of nitrogens with one attached hydrogen (secondary N) is 1. The van der Waals surface area contributed by atoms with Gasteiger partial charge in [-0.05, 0) is 53.6 Å². The lowest BCUT2D eigenvalue weighted by Crippen LogP contribution is -2.54. The Hall–Kier alpha value is -3.62. The molecule has 1 fully saturated rings. The Labute approximate surface area is 209 Å². The predicted molar refractivity (Wildman–Crippen MR) is 132 cm³/mol. The maximum atomic E-state index is 13.1. The minimum atomic E-state index is -0.824. The number of carbonyl (C=O) groups is 3. The first-order chi connectivity index (χ1) is 16.4. The van der Waals surface area contributed by atoms with E-state index in [1.807, 2.05) is 30.3 Å². The molecule has 3 aromatic rings. The van der Waals surface area contributed by atoms with Crippen molar-refractivity contribution in [2.45, 2.75) is 6.61 Å². The van der Waals surface area contributed by atoms with E-state index in [1.165, 1.54) is 13.2 Å². The van der Waals surface area contributed by atoms with Crippen LogP contribution in [-0.2, 0) is 16.2 Å². The van der Waals surface area contributed by atoms with Crippen LogP contribution in [0.5, 0.6) is 11.5 Å². The zero-order chi connectivity index (χ0) is 24.2. The maximum Gasteiger partial charge on any atom is 0.335 e. The standard InChI is InChI=1S/C25H18BrClN2O5/c1-33-21-13-16(12-20(27)22(21)34-14-15-5-3-2-4-6-15)11-19-23(30)28-25(32)29(24(19)31)18-9-7-17(26)8-10-18/h2-13H,14H2,1H3,(H,28,30,32). The molecule has 0 atom stereocenters. The van der Waals surface area contributed by atoms with Crippen molar-refractivity contribution < 1.29 is 23.9 Å². The highest BCUT2D eigenvalue weighted by atomic mass is 79.9. The van der Waals surface area contributed by atoms with Crippen LogP contribution in [0.3, 0.4) is 0 Å². The van der Waals surface area contributed by atoms with E-state index in [9.17, 15) is 14.4 Å². The highest BCUT2D eigenvalue weighted by Gasteiger charge is 2.36. The number of ether oxygens (including phenoxy) is 2. The molecule has 0 saturated carbocycles. The summed E-state index contributed by atoms with van der Waals surface area (Å²) in [5.74, 6) is -0.889. The fourth-order valence-electron chi connectivity index (χ4n) is 3.34. The summed E-state index contributed by atoms with van der Waals surface area (Å²) in [5, 5.41) is 2.44. The summed E-state index contributed by atoms with van der Waals surface area (Å²) in [5.41, 5.74) is 1.48. The van der Waals surface area contributed by atoms with Gasteiger partial charge in [0.1, 0.15) is 12.2 Å². The van der Waals surface area contributed by atoms with Gasteiger partial charge in [0, 0.05) is 4.47 Å². The molecule has 1 aliphatic heterocycles. The average Bonchev–Trinajstić information content (AvgIpc) is 2.82. The summed E-state index contributed by atoms with van der Waals surface area (Å²) in [6.07, 6.45) is 1.35. The second kappa shape index (κ2) is 10.1. The van der Waals surface area contributed by atoms with Crippen LogP contribution in [-0.4, -0.2) is 25.0 Å². The Morgan fingerprint density at radius 3 is 2.41 bits per heavy atom. The van der Waals surface area contributed by atoms with Crippen molar-refractivity contribution in [1.29, 1.82) is 0 Å². The number of barbiturate groups is 1. The second-order valence-corrected chi connectivity index (χ2v) is 8.57. The van der Waals surface area contributed by atoms with Gasteiger partial charge in [0.15, 0.2) is 11.5 Å². The lowest BCUT2D eigenvalue weighted by atomic mass is 10.1. The molecule has 34 heavy (non-hydrogen) atoms. The Kier molecular flexibility index (Phi) is 7.00. The predicted octanol–water partition coefficient (Wildman–Crippen LogP) is 5.36. The molecule has 0 bridgehead atoms. The summed E-state index contributed by atoms with van der Waals surface area (Å²) < 4.78 is 12.1. The van der Waals surface area contributed by atoms with Crippen LogP contribution >= 0.6 is 27.5 Å². The number of methoxy groups -OCH3 is 1. The number of urea groups is 1. The first-order valence-electron chi connectivity index (χ1n) is 10.1. The SMILES string of the molecule is COc1cc(C=C2C(=O)NC(=O)N(c3ccc(Br)cc3)C2=O)cc(Cl)c1OCc1ccccc1. The molecule has 3 aromatic carbocycles. The van der Waals surface area contributed by atoms with Crippen molar-refractivity contribution in [3.8, 4) is 11.5 Å². The molecule has 0 spiro atoms. The smallest absolute Gasteiger partial charge is 0.335 e. The number of halogens is 2. The normalized spacial score (nSPS) is 14.9. The van der Waals surface area contributed by atoms with Gasteiger partial charge in [-0.2, -0.15) is 0 Å². The van der Waals surface area contributed by atoms with Crippen molar-refractivity contribution >= 4 is 57.1 Å². The third kappa shape index (κ3) is 4.98. The highest BCUT2D eigenvalue weighted by molar-refractivity contribution is 9.10. The lowest BCUT2D eigenvalue weighted by molar-refractivity contribution is -0.122. The average molecular weight is 542 g/mol. The van der Waals surface area contributed by atoms with Crippen molar-refractivity contribution in [3.63, 3.8) is 0 Å². The first-order valence-corrected chi connectivity index (χ1v) is 11.3. The van der Waals surface area contributed by atoms with E-state index in [-0.39, 0.29) is 17.2 Å². The van der Waals surface area contributed by atoms with Gasteiger partial charge in [-0.3, -0.25) is 14.9 Å². The molecule has 0 aromatic heterocycles. The van der Waals surface area contributed by atoms with E-state index in [1.54, 1.807) is 36.4 Å². The van der Waals surface area contributed by atoms with Gasteiger partial charge < -0.3 is 9.47 Å². The summed E-state index contributed by atoms with van der Waals surface area (Å²) in [7, 11) is 1.46. The fraction of sp³-hybridized carbons (Fsp3) is 0.0800. The summed E-state index contributed by atoms with van der Waals surface area (Å²) >= 11 is 9.76. The Bertz CT molecular complexity index is 1290. The molecule has 1 heterocycles. The van der Waals surface area contributed by atoms with Crippen LogP contribution in [0.1, 0.15) is 11.1 Å². The molecular weight excluding hydrogens is 524 g/mol. The number of rotatable bonds is 6. The monoisotopic (exact) mass is 540 g/mol. The number of benzene rings is 3. The second-order valence-electron chi connectivity index (χ2n) is 7.24. The van der Waals surface area contributed by atoms with Crippen molar-refractivity contribution in [2.24, 2.45) is 0 Å². The van der Waals surface area contributed by atoms with Crippen LogP contribution in [0.4, 0.5) is 10.5 Å². The Balaban J connectivity index is 1.64. The number of anilines is 1. The number of hydrogen-bond acceptors (Lipinski definition) is 5. The molecule has 9 heteroatoms. The van der Waals surface area contributed by atoms with Crippen LogP contribution in [0.15, 0.2) is 76.8 Å². The van der Waals surface area contributed by atoms with Crippen molar-refractivity contribution in [2.75, 3.05) is 12.0 Å². The fourth-order valence-corrected chi connectivity index (χ4v) is 3.88. The minimum Gasteiger partial charge on any atom is -0.493 e. The number of hydrogen-bond donors (Lipinski definition) is 1. The molecule has 1 N–H and O–H groups in total. The third-order valence-electron chi connectivity index (χ3n) is 4.98.